The van der Waals surface area contributed by atoms with Crippen molar-refractivity contribution < 1.29 is 67.4 Å². The molecule has 1 aliphatic carbocycles. The monoisotopic (exact) mass is 670 g/mol. The van der Waals surface area contributed by atoms with Gasteiger partial charge in [0.2, 0.25) is 11.6 Å². The molecule has 0 radical (unpaired) electrons. The predicted molar refractivity (Wildman–Crippen MR) is 163 cm³/mol. The smallest absolute Gasteiger partial charge is 0.306 e. The summed E-state index contributed by atoms with van der Waals surface area (Å²) in [5.74, 6) is -10.6. The van der Waals surface area contributed by atoms with E-state index in [2.05, 4.69) is 0 Å². The maximum Gasteiger partial charge on any atom is 0.306 e. The summed E-state index contributed by atoms with van der Waals surface area (Å²) in [6.07, 6.45) is -1.19. The molecule has 256 valence electrons. The van der Waals surface area contributed by atoms with Gasteiger partial charge in [-0.3, -0.25) is 28.8 Å². The normalized spacial score (nSPS) is 14.2. The molecule has 0 aromatic heterocycles. The van der Waals surface area contributed by atoms with Crippen LogP contribution in [0.5, 0.6) is 23.0 Å². The van der Waals surface area contributed by atoms with Gasteiger partial charge in [0.1, 0.15) is 0 Å². The minimum absolute atomic E-state index is 0.0224. The van der Waals surface area contributed by atoms with Crippen LogP contribution in [0.3, 0.4) is 0 Å². The molecule has 2 atom stereocenters. The number of carbonyl (C=O) groups is 6. The number of ketones is 2. The summed E-state index contributed by atoms with van der Waals surface area (Å²) in [4.78, 5) is 75.5. The molecule has 2 amide bonds. The highest BCUT2D eigenvalue weighted by Crippen LogP contribution is 2.43. The molecule has 0 aliphatic heterocycles. The van der Waals surface area contributed by atoms with Crippen molar-refractivity contribution in [1.29, 1.82) is 0 Å². The van der Waals surface area contributed by atoms with Crippen molar-refractivity contribution in [3.8, 4) is 23.0 Å². The number of rotatable bonds is 16. The fourth-order valence-electron chi connectivity index (χ4n) is 4.98. The number of Topliss-reactive ketones (excluding diaryl/α,β-unsaturated/α-hetero) is 2. The number of nitrogens with two attached hydrogens (primary N) is 2. The summed E-state index contributed by atoms with van der Waals surface area (Å²) in [6.45, 7) is -1.11. The van der Waals surface area contributed by atoms with E-state index >= 15 is 0 Å². The Morgan fingerprint density at radius 2 is 0.979 bits per heavy atom. The zero-order valence-electron chi connectivity index (χ0n) is 26.4. The highest BCUT2D eigenvalue weighted by molar-refractivity contribution is 6.24. The van der Waals surface area contributed by atoms with E-state index in [0.29, 0.717) is 0 Å². The minimum atomic E-state index is -1.40. The molecule has 2 unspecified atom stereocenters. The first kappa shape index (κ1) is 36.4. The fraction of sp³-hybridized carbons (Fsp3) is 0.312. The predicted octanol–water partition coefficient (Wildman–Crippen LogP) is 1.20. The fourth-order valence-corrected chi connectivity index (χ4v) is 4.98. The van der Waals surface area contributed by atoms with Gasteiger partial charge in [-0.15, -0.1) is 0 Å². The summed E-state index contributed by atoms with van der Waals surface area (Å²) in [7, 11) is 4.81. The van der Waals surface area contributed by atoms with Crippen LogP contribution in [-0.4, -0.2) is 87.2 Å². The van der Waals surface area contributed by atoms with Crippen LogP contribution in [0, 0.1) is 0 Å². The Kier molecular flexibility index (Phi) is 12.1. The van der Waals surface area contributed by atoms with Crippen LogP contribution in [0.4, 0.5) is 0 Å². The van der Waals surface area contributed by atoms with Crippen LogP contribution in [0.25, 0.3) is 0 Å². The van der Waals surface area contributed by atoms with E-state index in [1.165, 1.54) is 50.6 Å². The molecule has 16 heteroatoms. The number of benzene rings is 2. The van der Waals surface area contributed by atoms with Crippen molar-refractivity contribution in [1.82, 2.24) is 0 Å². The number of hydrogen-bond acceptors (Lipinski definition) is 14. The summed E-state index contributed by atoms with van der Waals surface area (Å²) >= 11 is 0. The van der Waals surface area contributed by atoms with Crippen molar-refractivity contribution in [2.24, 2.45) is 11.5 Å². The number of primary amides is 2. The Balaban J connectivity index is 2.20. The van der Waals surface area contributed by atoms with Gasteiger partial charge in [-0.2, -0.15) is 0 Å². The Morgan fingerprint density at radius 1 is 0.625 bits per heavy atom. The van der Waals surface area contributed by atoms with E-state index in [0.717, 1.165) is 14.2 Å². The number of ether oxygens (including phenoxy) is 6. The van der Waals surface area contributed by atoms with E-state index in [4.69, 9.17) is 39.9 Å². The highest BCUT2D eigenvalue weighted by Gasteiger charge is 2.43. The third kappa shape index (κ3) is 8.20. The number of aliphatic hydroxyl groups is 2. The van der Waals surface area contributed by atoms with Crippen molar-refractivity contribution in [3.63, 3.8) is 0 Å². The maximum atomic E-state index is 13.9. The van der Waals surface area contributed by atoms with E-state index in [9.17, 15) is 39.0 Å². The van der Waals surface area contributed by atoms with Gasteiger partial charge in [0.15, 0.2) is 47.7 Å². The molecule has 0 fully saturated rings. The number of aliphatic hydroxyl groups excluding tert-OH is 2. The lowest BCUT2D eigenvalue weighted by Gasteiger charge is -2.28. The molecule has 0 heterocycles. The third-order valence-electron chi connectivity index (χ3n) is 7.24. The van der Waals surface area contributed by atoms with Gasteiger partial charge in [-0.1, -0.05) is 12.1 Å². The number of carbonyl (C=O) groups excluding carboxylic acids is 6. The Labute approximate surface area is 273 Å². The van der Waals surface area contributed by atoms with Gasteiger partial charge in [-0.25, -0.2) is 0 Å². The van der Waals surface area contributed by atoms with Crippen LogP contribution in [0.2, 0.25) is 0 Å². The molecule has 0 saturated carbocycles. The standard InChI is InChI=1S/C32H34N2O14/c1-43-19-7-5-15(9-21(19)47-13-23(33)35)17(11-25(37)45-3)27-29(39)31(41)28(32(42)30(27)40)18(12-26(38)46-4)16-6-8-20(44-2)22(10-16)48-14-24(34)36/h5-10,17-18,39,42H,11-14H2,1-4H3,(H2,33,35)(H2,34,36). The van der Waals surface area contributed by atoms with E-state index < -0.39 is 95.9 Å². The van der Waals surface area contributed by atoms with Crippen LogP contribution >= 0.6 is 0 Å². The maximum absolute atomic E-state index is 13.9. The number of hydrogen-bond donors (Lipinski definition) is 4. The molecule has 16 nitrogen and oxygen atoms in total. The molecular formula is C32H34N2O14. The van der Waals surface area contributed by atoms with Crippen LogP contribution in [0.15, 0.2) is 59.1 Å². The molecule has 1 aliphatic rings. The summed E-state index contributed by atoms with van der Waals surface area (Å²) in [5.41, 5.74) is 9.30. The average Bonchev–Trinajstić information content (AvgIpc) is 3.07. The third-order valence-corrected chi connectivity index (χ3v) is 7.24. The Bertz CT molecular complexity index is 1570. The van der Waals surface area contributed by atoms with Crippen LogP contribution in [-0.2, 0) is 38.2 Å². The van der Waals surface area contributed by atoms with Crippen molar-refractivity contribution in [2.45, 2.75) is 24.7 Å². The lowest BCUT2D eigenvalue weighted by Crippen LogP contribution is -2.31. The van der Waals surface area contributed by atoms with Gasteiger partial charge in [0, 0.05) is 11.8 Å². The first-order chi connectivity index (χ1) is 22.8. The molecule has 2 aromatic rings. The second-order valence-electron chi connectivity index (χ2n) is 10.2. The first-order valence-corrected chi connectivity index (χ1v) is 14.0. The summed E-state index contributed by atoms with van der Waals surface area (Å²) in [5, 5.41) is 22.6. The van der Waals surface area contributed by atoms with Gasteiger partial charge in [-0.05, 0) is 35.4 Å². The lowest BCUT2D eigenvalue weighted by molar-refractivity contribution is -0.142. The van der Waals surface area contributed by atoms with Gasteiger partial charge in [0.05, 0.1) is 52.4 Å². The number of methoxy groups -OCH3 is 4. The zero-order valence-corrected chi connectivity index (χ0v) is 26.4. The lowest BCUT2D eigenvalue weighted by atomic mass is 9.75. The van der Waals surface area contributed by atoms with E-state index in [-0.39, 0.29) is 34.1 Å². The molecule has 0 saturated heterocycles. The molecule has 0 bridgehead atoms. The summed E-state index contributed by atoms with van der Waals surface area (Å²) < 4.78 is 30.8. The molecular weight excluding hydrogens is 636 g/mol. The van der Waals surface area contributed by atoms with E-state index in [1.807, 2.05) is 0 Å². The van der Waals surface area contributed by atoms with Crippen LogP contribution < -0.4 is 30.4 Å². The van der Waals surface area contributed by atoms with Crippen molar-refractivity contribution in [2.75, 3.05) is 41.7 Å². The Hall–Kier alpha value is -6.06. The molecule has 2 aromatic carbocycles. The quantitative estimate of drug-likeness (QED) is 0.145. The topological polar surface area (TPSA) is 250 Å². The molecule has 3 rings (SSSR count). The SMILES string of the molecule is COC(=O)CC(C1=C(O)C(=O)C(C(CC(=O)OC)c2ccc(OC)c(OCC(N)=O)c2)=C(O)C1=O)c1ccc(OC)c(OCC(N)=O)c1. The average molecular weight is 671 g/mol. The second-order valence-corrected chi connectivity index (χ2v) is 10.2. The minimum Gasteiger partial charge on any atom is -0.504 e. The first-order valence-electron chi connectivity index (χ1n) is 14.0. The number of allylic oxidation sites excluding steroid dienone is 2. The van der Waals surface area contributed by atoms with Gasteiger partial charge < -0.3 is 50.1 Å². The highest BCUT2D eigenvalue weighted by atomic mass is 16.5. The second kappa shape index (κ2) is 16.0. The summed E-state index contributed by atoms with van der Waals surface area (Å²) in [6, 6.07) is 8.19. The van der Waals surface area contributed by atoms with Gasteiger partial charge in [0.25, 0.3) is 11.8 Å². The Morgan fingerprint density at radius 3 is 1.27 bits per heavy atom. The van der Waals surface area contributed by atoms with Crippen LogP contribution in [0.1, 0.15) is 35.8 Å². The number of amides is 2. The zero-order chi connectivity index (χ0) is 35.7. The van der Waals surface area contributed by atoms with Gasteiger partial charge >= 0.3 is 11.9 Å². The molecule has 6 N–H and O–H groups in total. The van der Waals surface area contributed by atoms with Crippen molar-refractivity contribution >= 4 is 35.3 Å². The van der Waals surface area contributed by atoms with E-state index in [1.54, 1.807) is 0 Å². The molecule has 0 spiro atoms. The molecule has 48 heavy (non-hydrogen) atoms. The van der Waals surface area contributed by atoms with Crippen molar-refractivity contribution in [3.05, 3.63) is 70.2 Å². The largest absolute Gasteiger partial charge is 0.504 e. The number of esters is 2.